The molecule has 0 amide bonds. The van der Waals surface area contributed by atoms with Gasteiger partial charge in [0, 0.05) is 20.6 Å². The van der Waals surface area contributed by atoms with E-state index in [2.05, 4.69) is 39.6 Å². The highest BCUT2D eigenvalue weighted by atomic mass is 32.2. The summed E-state index contributed by atoms with van der Waals surface area (Å²) in [4.78, 5) is 2.62. The molecule has 0 heterocycles. The van der Waals surface area contributed by atoms with Gasteiger partial charge in [0.2, 0.25) is 9.84 Å². The molecule has 0 aliphatic carbocycles. The molecular formula is C22H32N6O2S. The largest absolute Gasteiger partial charge is 0.309 e. The predicted molar refractivity (Wildman–Crippen MR) is 123 cm³/mol. The minimum atomic E-state index is -3.60. The number of unbranched alkanes of at least 4 members (excludes halogenated alkanes) is 3. The van der Waals surface area contributed by atoms with Crippen LogP contribution in [0.15, 0.2) is 78.9 Å². The lowest BCUT2D eigenvalue weighted by Gasteiger charge is -2.12. The van der Waals surface area contributed by atoms with Crippen molar-refractivity contribution in [2.45, 2.75) is 35.5 Å². The molecule has 0 bridgehead atoms. The summed E-state index contributed by atoms with van der Waals surface area (Å²) in [6.07, 6.45) is 4.66. The fourth-order valence-corrected chi connectivity index (χ4v) is 4.19. The smallest absolute Gasteiger partial charge is 0.206 e. The Labute approximate surface area is 185 Å². The molecule has 0 aliphatic rings. The third-order valence-electron chi connectivity index (χ3n) is 4.66. The van der Waals surface area contributed by atoms with Gasteiger partial charge < -0.3 is 4.90 Å². The average Bonchev–Trinajstić information content (AvgIpc) is 2.75. The van der Waals surface area contributed by atoms with Crippen LogP contribution < -0.4 is 0 Å². The first-order valence-corrected chi connectivity index (χ1v) is 11.8. The summed E-state index contributed by atoms with van der Waals surface area (Å²) in [6.45, 7) is 1.96. The molecule has 2 aromatic carbocycles. The van der Waals surface area contributed by atoms with Crippen LogP contribution in [-0.2, 0) is 9.84 Å². The van der Waals surface area contributed by atoms with E-state index in [4.69, 9.17) is 0 Å². The molecule has 31 heavy (non-hydrogen) atoms. The summed E-state index contributed by atoms with van der Waals surface area (Å²) in [5.74, 6) is 0. The molecule has 0 saturated carbocycles. The molecule has 168 valence electrons. The summed E-state index contributed by atoms with van der Waals surface area (Å²) in [7, 11) is 4.04. The van der Waals surface area contributed by atoms with Gasteiger partial charge in [-0.3, -0.25) is 5.01 Å². The maximum Gasteiger partial charge on any atom is 0.206 e. The molecule has 2 aromatic rings. The Morgan fingerprint density at radius 3 is 1.68 bits per heavy atom. The lowest BCUT2D eigenvalue weighted by atomic mass is 10.2. The molecule has 2 rings (SSSR count). The molecule has 0 saturated heterocycles. The Morgan fingerprint density at radius 2 is 1.19 bits per heavy atom. The van der Waals surface area contributed by atoms with Crippen LogP contribution in [0.3, 0.4) is 0 Å². The minimum Gasteiger partial charge on any atom is -0.309 e. The standard InChI is InChI=1S/C22H32N6O2S/c1-23-24-19-9-13-21(14-10-19)31(29,30)22-15-11-20(12-16-22)25-26-28(4)18-8-6-5-7-17-27(2)3/h9-16H,5-8,17-18H2,1-4H3. The van der Waals surface area contributed by atoms with E-state index >= 15 is 0 Å². The Morgan fingerprint density at radius 1 is 0.710 bits per heavy atom. The topological polar surface area (TPSA) is 90.1 Å². The van der Waals surface area contributed by atoms with Crippen LogP contribution >= 0.6 is 0 Å². The van der Waals surface area contributed by atoms with Gasteiger partial charge in [0.25, 0.3) is 0 Å². The minimum absolute atomic E-state index is 0.210. The van der Waals surface area contributed by atoms with Crippen molar-refractivity contribution >= 4 is 21.2 Å². The lowest BCUT2D eigenvalue weighted by molar-refractivity contribution is 0.318. The molecule has 8 nitrogen and oxygen atoms in total. The van der Waals surface area contributed by atoms with Gasteiger partial charge in [0.05, 0.1) is 21.2 Å². The van der Waals surface area contributed by atoms with Crippen LogP contribution in [0.5, 0.6) is 0 Å². The van der Waals surface area contributed by atoms with Crippen molar-refractivity contribution in [3.8, 4) is 0 Å². The second-order valence-electron chi connectivity index (χ2n) is 7.58. The van der Waals surface area contributed by atoms with Gasteiger partial charge in [-0.2, -0.15) is 10.2 Å². The van der Waals surface area contributed by atoms with Crippen LogP contribution in [0.1, 0.15) is 25.7 Å². The second kappa shape index (κ2) is 12.3. The van der Waals surface area contributed by atoms with E-state index < -0.39 is 9.84 Å². The van der Waals surface area contributed by atoms with Crippen LogP contribution in [-0.4, -0.2) is 59.6 Å². The van der Waals surface area contributed by atoms with E-state index in [0.29, 0.717) is 11.4 Å². The van der Waals surface area contributed by atoms with Gasteiger partial charge in [-0.15, -0.1) is 5.11 Å². The number of rotatable bonds is 12. The molecule has 0 atom stereocenters. The lowest BCUT2D eigenvalue weighted by Crippen LogP contribution is -2.13. The zero-order valence-electron chi connectivity index (χ0n) is 18.8. The Kier molecular flexibility index (Phi) is 9.74. The maximum atomic E-state index is 12.8. The maximum absolute atomic E-state index is 12.8. The highest BCUT2D eigenvalue weighted by molar-refractivity contribution is 7.91. The van der Waals surface area contributed by atoms with Crippen molar-refractivity contribution in [1.29, 1.82) is 0 Å². The quantitative estimate of drug-likeness (QED) is 0.253. The Hall–Kier alpha value is -2.65. The first kappa shape index (κ1) is 24.6. The molecule has 0 radical (unpaired) electrons. The van der Waals surface area contributed by atoms with Gasteiger partial charge in [0.15, 0.2) is 0 Å². The molecular weight excluding hydrogens is 412 g/mol. The zero-order chi connectivity index (χ0) is 22.7. The van der Waals surface area contributed by atoms with E-state index in [1.165, 1.54) is 31.4 Å². The van der Waals surface area contributed by atoms with Gasteiger partial charge in [0.1, 0.15) is 0 Å². The SMILES string of the molecule is CN=Nc1ccc(S(=O)(=O)c2ccc(N=NN(C)CCCCCCN(C)C)cc2)cc1. The van der Waals surface area contributed by atoms with Gasteiger partial charge in [-0.25, -0.2) is 8.42 Å². The van der Waals surface area contributed by atoms with Crippen LogP contribution in [0, 0.1) is 0 Å². The van der Waals surface area contributed by atoms with Gasteiger partial charge in [-0.05, 0) is 82.0 Å². The van der Waals surface area contributed by atoms with Crippen LogP contribution in [0.25, 0.3) is 0 Å². The Bertz CT molecular complexity index is 955. The van der Waals surface area contributed by atoms with Crippen LogP contribution in [0.4, 0.5) is 11.4 Å². The van der Waals surface area contributed by atoms with Gasteiger partial charge >= 0.3 is 0 Å². The van der Waals surface area contributed by atoms with Crippen molar-refractivity contribution < 1.29 is 8.42 Å². The first-order chi connectivity index (χ1) is 14.8. The highest BCUT2D eigenvalue weighted by Crippen LogP contribution is 2.25. The molecule has 0 aromatic heterocycles. The molecule has 0 aliphatic heterocycles. The highest BCUT2D eigenvalue weighted by Gasteiger charge is 2.17. The second-order valence-corrected chi connectivity index (χ2v) is 9.53. The summed E-state index contributed by atoms with van der Waals surface area (Å²) in [6, 6.07) is 12.7. The molecule has 0 spiro atoms. The molecule has 9 heteroatoms. The Balaban J connectivity index is 1.89. The number of hydrogen-bond donors (Lipinski definition) is 0. The summed E-state index contributed by atoms with van der Waals surface area (Å²) < 4.78 is 25.6. The number of sulfone groups is 1. The molecule has 0 fully saturated rings. The van der Waals surface area contributed by atoms with E-state index in [1.807, 2.05) is 12.1 Å². The molecule has 0 N–H and O–H groups in total. The van der Waals surface area contributed by atoms with Gasteiger partial charge in [-0.1, -0.05) is 18.1 Å². The van der Waals surface area contributed by atoms with Crippen molar-refractivity contribution in [3.63, 3.8) is 0 Å². The van der Waals surface area contributed by atoms with Crippen molar-refractivity contribution in [2.75, 3.05) is 41.3 Å². The van der Waals surface area contributed by atoms with Crippen molar-refractivity contribution in [1.82, 2.24) is 9.91 Å². The van der Waals surface area contributed by atoms with E-state index in [0.717, 1.165) is 19.5 Å². The number of hydrogen-bond acceptors (Lipinski definition) is 7. The normalized spacial score (nSPS) is 12.3. The predicted octanol–water partition coefficient (Wildman–Crippen LogP) is 5.29. The monoisotopic (exact) mass is 444 g/mol. The summed E-state index contributed by atoms with van der Waals surface area (Å²) in [5, 5.41) is 17.8. The fourth-order valence-electron chi connectivity index (χ4n) is 2.93. The van der Waals surface area contributed by atoms with Crippen molar-refractivity contribution in [3.05, 3.63) is 48.5 Å². The van der Waals surface area contributed by atoms with Crippen molar-refractivity contribution in [2.24, 2.45) is 20.6 Å². The number of benzene rings is 2. The number of azo groups is 1. The fraction of sp³-hybridized carbons (Fsp3) is 0.455. The average molecular weight is 445 g/mol. The zero-order valence-corrected chi connectivity index (χ0v) is 19.6. The third-order valence-corrected chi connectivity index (χ3v) is 6.44. The first-order valence-electron chi connectivity index (χ1n) is 10.4. The van der Waals surface area contributed by atoms with E-state index in [-0.39, 0.29) is 9.79 Å². The third kappa shape index (κ3) is 8.18. The molecule has 0 unspecified atom stereocenters. The van der Waals surface area contributed by atoms with E-state index in [1.54, 1.807) is 43.4 Å². The summed E-state index contributed by atoms with van der Waals surface area (Å²) in [5.41, 5.74) is 1.21. The van der Waals surface area contributed by atoms with Crippen LogP contribution in [0.2, 0.25) is 0 Å². The number of nitrogens with zero attached hydrogens (tertiary/aromatic N) is 6. The summed E-state index contributed by atoms with van der Waals surface area (Å²) >= 11 is 0. The van der Waals surface area contributed by atoms with E-state index in [9.17, 15) is 8.42 Å².